The van der Waals surface area contributed by atoms with Crippen LogP contribution in [-0.4, -0.2) is 71.1 Å². The molecule has 0 saturated carbocycles. The third-order valence-corrected chi connectivity index (χ3v) is 9.33. The SMILES string of the molecule is COC(=O)N[C@H](C(=O)N1[C@@H](C)CC[C@H]1C(=O)OCC(=O)c1ccc2c(c1)COc1cc3c(cc1-2)CCC(Br)C3=O)C(C)C. The van der Waals surface area contributed by atoms with Crippen molar-refractivity contribution in [1.29, 1.82) is 0 Å². The molecular formula is C32H35BrN2O8. The molecule has 1 saturated heterocycles. The summed E-state index contributed by atoms with van der Waals surface area (Å²) in [5, 5.41) is 2.56. The number of hydrogen-bond acceptors (Lipinski definition) is 8. The number of fused-ring (bicyclic) bond motifs is 4. The van der Waals surface area contributed by atoms with Gasteiger partial charge in [0, 0.05) is 22.7 Å². The number of nitrogens with zero attached hydrogens (tertiary/aromatic N) is 1. The Morgan fingerprint density at radius 2 is 1.81 bits per heavy atom. The number of aryl methyl sites for hydroxylation is 1. The van der Waals surface area contributed by atoms with Crippen LogP contribution >= 0.6 is 15.9 Å². The monoisotopic (exact) mass is 654 g/mol. The van der Waals surface area contributed by atoms with Gasteiger partial charge in [-0.2, -0.15) is 0 Å². The number of methoxy groups -OCH3 is 1. The van der Waals surface area contributed by atoms with E-state index in [0.29, 0.717) is 29.7 Å². The summed E-state index contributed by atoms with van der Waals surface area (Å²) in [7, 11) is 1.22. The van der Waals surface area contributed by atoms with Crippen molar-refractivity contribution in [1.82, 2.24) is 10.2 Å². The van der Waals surface area contributed by atoms with Crippen LogP contribution in [0, 0.1) is 5.92 Å². The van der Waals surface area contributed by atoms with Crippen molar-refractivity contribution < 1.29 is 38.2 Å². The van der Waals surface area contributed by atoms with Crippen molar-refractivity contribution in [2.24, 2.45) is 5.92 Å². The number of carbonyl (C=O) groups excluding carboxylic acids is 5. The van der Waals surface area contributed by atoms with Crippen LogP contribution < -0.4 is 10.1 Å². The minimum absolute atomic E-state index is 0.0612. The first-order valence-electron chi connectivity index (χ1n) is 14.5. The smallest absolute Gasteiger partial charge is 0.407 e. The van der Waals surface area contributed by atoms with E-state index >= 15 is 0 Å². The zero-order valence-corrected chi connectivity index (χ0v) is 26.2. The van der Waals surface area contributed by atoms with Crippen molar-refractivity contribution in [3.63, 3.8) is 0 Å². The van der Waals surface area contributed by atoms with Crippen molar-refractivity contribution in [3.05, 3.63) is 52.6 Å². The van der Waals surface area contributed by atoms with Crippen LogP contribution in [-0.2, 0) is 32.1 Å². The molecular weight excluding hydrogens is 620 g/mol. The number of hydrogen-bond donors (Lipinski definition) is 1. The molecule has 2 aromatic carbocycles. The average Bonchev–Trinajstić information content (AvgIpc) is 3.39. The molecule has 2 amide bonds. The van der Waals surface area contributed by atoms with Gasteiger partial charge in [-0.1, -0.05) is 41.9 Å². The Hall–Kier alpha value is -3.73. The van der Waals surface area contributed by atoms with Gasteiger partial charge >= 0.3 is 12.1 Å². The third-order valence-electron chi connectivity index (χ3n) is 8.46. The van der Waals surface area contributed by atoms with Gasteiger partial charge in [0.1, 0.15) is 24.4 Å². The Morgan fingerprint density at radius 3 is 2.53 bits per heavy atom. The molecule has 10 nitrogen and oxygen atoms in total. The van der Waals surface area contributed by atoms with E-state index in [1.807, 2.05) is 25.1 Å². The molecule has 4 atom stereocenters. The van der Waals surface area contributed by atoms with E-state index in [1.54, 1.807) is 26.0 Å². The van der Waals surface area contributed by atoms with Crippen molar-refractivity contribution in [2.45, 2.75) is 76.0 Å². The number of benzene rings is 2. The number of ketones is 2. The van der Waals surface area contributed by atoms with Gasteiger partial charge in [0.2, 0.25) is 5.91 Å². The maximum atomic E-state index is 13.4. The molecule has 5 rings (SSSR count). The van der Waals surface area contributed by atoms with E-state index in [-0.39, 0.29) is 35.0 Å². The lowest BCUT2D eigenvalue weighted by atomic mass is 9.85. The highest BCUT2D eigenvalue weighted by atomic mass is 79.9. The zero-order valence-electron chi connectivity index (χ0n) is 24.6. The van der Waals surface area contributed by atoms with Crippen LogP contribution in [0.3, 0.4) is 0 Å². The molecule has 11 heteroatoms. The number of amides is 2. The normalized spacial score (nSPS) is 21.2. The van der Waals surface area contributed by atoms with Gasteiger partial charge in [-0.15, -0.1) is 0 Å². The highest BCUT2D eigenvalue weighted by molar-refractivity contribution is 9.10. The lowest BCUT2D eigenvalue weighted by Gasteiger charge is -2.32. The van der Waals surface area contributed by atoms with Crippen LogP contribution in [0.4, 0.5) is 4.79 Å². The van der Waals surface area contributed by atoms with Gasteiger partial charge in [-0.25, -0.2) is 9.59 Å². The van der Waals surface area contributed by atoms with Gasteiger partial charge < -0.3 is 24.4 Å². The molecule has 0 bridgehead atoms. The first kappa shape index (κ1) is 30.7. The molecule has 228 valence electrons. The Labute approximate surface area is 258 Å². The summed E-state index contributed by atoms with van der Waals surface area (Å²) in [5.74, 6) is -0.977. The fourth-order valence-electron chi connectivity index (χ4n) is 6.04. The number of halogens is 1. The molecule has 2 aliphatic heterocycles. The van der Waals surface area contributed by atoms with E-state index in [0.717, 1.165) is 35.1 Å². The molecule has 2 heterocycles. The van der Waals surface area contributed by atoms with Gasteiger partial charge in [0.05, 0.1) is 11.9 Å². The molecule has 1 aliphatic carbocycles. The summed E-state index contributed by atoms with van der Waals surface area (Å²) in [5.41, 5.74) is 4.68. The van der Waals surface area contributed by atoms with E-state index in [4.69, 9.17) is 9.47 Å². The second-order valence-electron chi connectivity index (χ2n) is 11.6. The number of Topliss-reactive ketones (excluding diaryl/α,β-unsaturated/α-hetero) is 2. The second kappa shape index (κ2) is 12.5. The number of nitrogens with one attached hydrogen (secondary N) is 1. The molecule has 0 radical (unpaired) electrons. The Bertz CT molecular complexity index is 1490. The van der Waals surface area contributed by atoms with Gasteiger partial charge in [0.25, 0.3) is 0 Å². The first-order valence-corrected chi connectivity index (χ1v) is 15.4. The highest BCUT2D eigenvalue weighted by Crippen LogP contribution is 2.41. The molecule has 2 aromatic rings. The Balaban J connectivity index is 1.26. The fourth-order valence-corrected chi connectivity index (χ4v) is 6.52. The lowest BCUT2D eigenvalue weighted by Crippen LogP contribution is -2.55. The first-order chi connectivity index (χ1) is 20.5. The topological polar surface area (TPSA) is 128 Å². The number of carbonyl (C=O) groups is 5. The van der Waals surface area contributed by atoms with Crippen LogP contribution in [0.2, 0.25) is 0 Å². The molecule has 3 aliphatic rings. The molecule has 1 N–H and O–H groups in total. The maximum Gasteiger partial charge on any atom is 0.407 e. The number of esters is 1. The van der Waals surface area contributed by atoms with Crippen molar-refractivity contribution in [2.75, 3.05) is 13.7 Å². The fraction of sp³-hybridized carbons (Fsp3) is 0.469. The molecule has 0 spiro atoms. The zero-order chi connectivity index (χ0) is 31.0. The van der Waals surface area contributed by atoms with Crippen LogP contribution in [0.5, 0.6) is 5.75 Å². The number of alkyl carbamates (subject to hydrolysis) is 1. The maximum absolute atomic E-state index is 13.4. The minimum atomic E-state index is -0.875. The summed E-state index contributed by atoms with van der Waals surface area (Å²) < 4.78 is 16.1. The molecule has 1 unspecified atom stereocenters. The van der Waals surface area contributed by atoms with E-state index < -0.39 is 36.7 Å². The van der Waals surface area contributed by atoms with Crippen LogP contribution in [0.1, 0.15) is 71.9 Å². The number of alkyl halides is 1. The predicted molar refractivity (Wildman–Crippen MR) is 160 cm³/mol. The minimum Gasteiger partial charge on any atom is -0.488 e. The summed E-state index contributed by atoms with van der Waals surface area (Å²) in [4.78, 5) is 65.3. The van der Waals surface area contributed by atoms with Gasteiger partial charge in [-0.3, -0.25) is 14.4 Å². The van der Waals surface area contributed by atoms with Crippen LogP contribution in [0.25, 0.3) is 11.1 Å². The quantitative estimate of drug-likeness (QED) is 0.260. The third kappa shape index (κ3) is 6.04. The van der Waals surface area contributed by atoms with E-state index in [9.17, 15) is 24.0 Å². The summed E-state index contributed by atoms with van der Waals surface area (Å²) in [6.45, 7) is 5.19. The molecule has 1 fully saturated rings. The summed E-state index contributed by atoms with van der Waals surface area (Å²) >= 11 is 3.45. The average molecular weight is 656 g/mol. The van der Waals surface area contributed by atoms with Crippen molar-refractivity contribution >= 4 is 45.5 Å². The summed E-state index contributed by atoms with van der Waals surface area (Å²) in [6.07, 6.45) is 1.76. The molecule has 0 aromatic heterocycles. The van der Waals surface area contributed by atoms with E-state index in [2.05, 4.69) is 26.0 Å². The predicted octanol–water partition coefficient (Wildman–Crippen LogP) is 4.62. The number of rotatable bonds is 7. The van der Waals surface area contributed by atoms with Gasteiger partial charge in [0.15, 0.2) is 18.2 Å². The summed E-state index contributed by atoms with van der Waals surface area (Å²) in [6, 6.07) is 7.14. The lowest BCUT2D eigenvalue weighted by molar-refractivity contribution is -0.154. The molecule has 43 heavy (non-hydrogen) atoms. The number of ether oxygens (including phenoxy) is 3. The Kier molecular flexibility index (Phi) is 8.91. The van der Waals surface area contributed by atoms with E-state index in [1.165, 1.54) is 12.0 Å². The Morgan fingerprint density at radius 1 is 1.05 bits per heavy atom. The highest BCUT2D eigenvalue weighted by Gasteiger charge is 2.43. The largest absolute Gasteiger partial charge is 0.488 e. The van der Waals surface area contributed by atoms with Crippen molar-refractivity contribution in [3.8, 4) is 16.9 Å². The second-order valence-corrected chi connectivity index (χ2v) is 12.7. The van der Waals surface area contributed by atoms with Gasteiger partial charge in [-0.05, 0) is 73.4 Å². The standard InChI is InChI=1S/C32H35BrN2O8/c1-16(2)28(34-32(40)41-4)30(38)35-17(3)5-10-25(35)31(39)43-15-26(36)19-6-8-21-20(11-19)14-42-27-13-22-18(12-23(21)27)7-9-24(33)29(22)37/h6,8,11-13,16-17,24-25,28H,5,7,9-10,14-15H2,1-4H3,(H,34,40)/t17-,24?,25-,28-/m0/s1. The van der Waals surface area contributed by atoms with Crippen LogP contribution in [0.15, 0.2) is 30.3 Å². The number of likely N-dealkylation sites (tertiary alicyclic amines) is 1.